The van der Waals surface area contributed by atoms with E-state index in [0.29, 0.717) is 0 Å². The molecule has 0 bridgehead atoms. The third-order valence-electron chi connectivity index (χ3n) is 6.56. The average Bonchev–Trinajstić information content (AvgIpc) is 2.86. The molecule has 158 valence electrons. The van der Waals surface area contributed by atoms with Gasteiger partial charge in [0, 0.05) is 10.2 Å². The maximum Gasteiger partial charge on any atom is 0.00279 e. The van der Waals surface area contributed by atoms with Crippen LogP contribution in [0.1, 0.15) is 24.8 Å². The van der Waals surface area contributed by atoms with Gasteiger partial charge in [-0.1, -0.05) is 122 Å². The fourth-order valence-corrected chi connectivity index (χ4v) is 5.45. The Bertz CT molecular complexity index is 1280. The van der Waals surface area contributed by atoms with Crippen LogP contribution < -0.4 is 0 Å². The second-order valence-electron chi connectivity index (χ2n) is 8.71. The zero-order chi connectivity index (χ0) is 21.8. The Kier molecular flexibility index (Phi) is 6.18. The highest BCUT2D eigenvalue weighted by Gasteiger charge is 2.15. The van der Waals surface area contributed by atoms with Crippen molar-refractivity contribution in [2.24, 2.45) is 0 Å². The van der Waals surface area contributed by atoms with Gasteiger partial charge in [-0.15, -0.1) is 0 Å². The van der Waals surface area contributed by atoms with Crippen LogP contribution in [0.2, 0.25) is 6.04 Å². The van der Waals surface area contributed by atoms with Crippen LogP contribution in [0.25, 0.3) is 43.8 Å². The number of hydrogen-bond donors (Lipinski definition) is 0. The quantitative estimate of drug-likeness (QED) is 0.140. The van der Waals surface area contributed by atoms with Gasteiger partial charge in [0.05, 0.1) is 0 Å². The van der Waals surface area contributed by atoms with E-state index in [9.17, 15) is 0 Å². The van der Waals surface area contributed by atoms with E-state index < -0.39 is 0 Å². The molecule has 5 aromatic rings. The van der Waals surface area contributed by atoms with E-state index in [1.165, 1.54) is 91.3 Å². The first-order valence-corrected chi connectivity index (χ1v) is 13.4. The van der Waals surface area contributed by atoms with Gasteiger partial charge in [0.15, 0.2) is 0 Å². The van der Waals surface area contributed by atoms with E-state index in [1.54, 1.807) is 0 Å². The van der Waals surface area contributed by atoms with Gasteiger partial charge in [-0.3, -0.25) is 0 Å². The minimum atomic E-state index is 1.19. The van der Waals surface area contributed by atoms with Crippen LogP contribution in [0.15, 0.2) is 103 Å². The van der Waals surface area contributed by atoms with Crippen LogP contribution in [0.4, 0.5) is 0 Å². The molecule has 0 aromatic heterocycles. The smallest absolute Gasteiger partial charge is 0.00279 e. The molecular formula is C31H30Si. The van der Waals surface area contributed by atoms with Crippen LogP contribution in [-0.4, -0.2) is 10.2 Å². The fraction of sp³-hybridized carbons (Fsp3) is 0.161. The Morgan fingerprint density at radius 2 is 0.906 bits per heavy atom. The SMILES string of the molecule is [SiH3]CCCCCc1ccc(-c2c3ccccc3c(-c3ccccc3)c3ccccc23)cc1. The van der Waals surface area contributed by atoms with Crippen molar-refractivity contribution >= 4 is 31.8 Å². The summed E-state index contributed by atoms with van der Waals surface area (Å²) in [5, 5.41) is 5.29. The predicted octanol–water partition coefficient (Wildman–Crippen LogP) is 7.82. The molecule has 0 saturated carbocycles. The van der Waals surface area contributed by atoms with Crippen LogP contribution in [0.5, 0.6) is 0 Å². The molecule has 5 aromatic carbocycles. The predicted molar refractivity (Wildman–Crippen MR) is 145 cm³/mol. The highest BCUT2D eigenvalue weighted by molar-refractivity contribution is 6.21. The van der Waals surface area contributed by atoms with Crippen LogP contribution in [0.3, 0.4) is 0 Å². The third kappa shape index (κ3) is 4.01. The Hall–Kier alpha value is -3.16. The summed E-state index contributed by atoms with van der Waals surface area (Å²) in [4.78, 5) is 0. The van der Waals surface area contributed by atoms with Gasteiger partial charge in [-0.25, -0.2) is 0 Å². The Morgan fingerprint density at radius 3 is 1.41 bits per heavy atom. The lowest BCUT2D eigenvalue weighted by atomic mass is 9.86. The molecular weight excluding hydrogens is 400 g/mol. The van der Waals surface area contributed by atoms with Crippen molar-refractivity contribution < 1.29 is 0 Å². The molecule has 1 heteroatoms. The third-order valence-corrected chi connectivity index (χ3v) is 7.26. The summed E-state index contributed by atoms with van der Waals surface area (Å²) < 4.78 is 0. The molecule has 0 nitrogen and oxygen atoms in total. The summed E-state index contributed by atoms with van der Waals surface area (Å²) >= 11 is 0. The maximum atomic E-state index is 2.34. The van der Waals surface area contributed by atoms with Crippen molar-refractivity contribution in [2.45, 2.75) is 31.7 Å². The summed E-state index contributed by atoms with van der Waals surface area (Å²) in [6, 6.07) is 39.4. The van der Waals surface area contributed by atoms with Crippen molar-refractivity contribution in [2.75, 3.05) is 0 Å². The van der Waals surface area contributed by atoms with Gasteiger partial charge in [0.25, 0.3) is 0 Å². The van der Waals surface area contributed by atoms with Gasteiger partial charge in [-0.2, -0.15) is 0 Å². The molecule has 0 amide bonds. The summed E-state index contributed by atoms with van der Waals surface area (Å²) in [6.45, 7) is 0. The standard InChI is InChI=1S/C31H30Si/c32-22-10-2-3-11-23-18-20-25(21-19-23)31-28-16-8-6-14-26(28)30(24-12-4-1-5-13-24)27-15-7-9-17-29(27)31/h1,4-9,12-21H,2-3,10-11,22H2,32H3. The molecule has 0 aliphatic heterocycles. The minimum Gasteiger partial charge on any atom is -0.0658 e. The van der Waals surface area contributed by atoms with Gasteiger partial charge < -0.3 is 0 Å². The molecule has 0 unspecified atom stereocenters. The van der Waals surface area contributed by atoms with Crippen LogP contribution in [0, 0.1) is 0 Å². The molecule has 0 atom stereocenters. The molecule has 5 rings (SSSR count). The largest absolute Gasteiger partial charge is 0.0658 e. The lowest BCUT2D eigenvalue weighted by Gasteiger charge is -2.17. The van der Waals surface area contributed by atoms with E-state index in [2.05, 4.69) is 103 Å². The topological polar surface area (TPSA) is 0 Å². The highest BCUT2D eigenvalue weighted by Crippen LogP contribution is 2.43. The van der Waals surface area contributed by atoms with Crippen molar-refractivity contribution in [3.8, 4) is 22.3 Å². The number of fused-ring (bicyclic) bond motifs is 2. The highest BCUT2D eigenvalue weighted by atomic mass is 28.1. The molecule has 32 heavy (non-hydrogen) atoms. The second kappa shape index (κ2) is 9.54. The lowest BCUT2D eigenvalue weighted by molar-refractivity contribution is 0.717. The molecule has 0 aliphatic carbocycles. The maximum absolute atomic E-state index is 2.34. The van der Waals surface area contributed by atoms with Crippen molar-refractivity contribution in [1.82, 2.24) is 0 Å². The fourth-order valence-electron chi connectivity index (χ4n) is 4.95. The van der Waals surface area contributed by atoms with E-state index in [0.717, 1.165) is 0 Å². The first-order chi connectivity index (χ1) is 15.9. The molecule has 0 aliphatic rings. The van der Waals surface area contributed by atoms with Crippen molar-refractivity contribution in [1.29, 1.82) is 0 Å². The number of unbranched alkanes of at least 4 members (excludes halogenated alkanes) is 2. The van der Waals surface area contributed by atoms with Crippen molar-refractivity contribution in [3.05, 3.63) is 109 Å². The van der Waals surface area contributed by atoms with E-state index in [1.807, 2.05) is 0 Å². The molecule has 0 fully saturated rings. The van der Waals surface area contributed by atoms with Gasteiger partial charge in [-0.05, 0) is 62.2 Å². The van der Waals surface area contributed by atoms with E-state index in [4.69, 9.17) is 0 Å². The summed E-state index contributed by atoms with van der Waals surface area (Å²) in [6.07, 6.45) is 5.26. The average molecular weight is 431 g/mol. The molecule has 0 heterocycles. The first kappa shape index (κ1) is 20.7. The van der Waals surface area contributed by atoms with Gasteiger partial charge in [0.2, 0.25) is 0 Å². The molecule has 0 N–H and O–H groups in total. The number of aryl methyl sites for hydroxylation is 1. The Labute approximate surface area is 194 Å². The zero-order valence-electron chi connectivity index (χ0n) is 18.9. The lowest BCUT2D eigenvalue weighted by Crippen LogP contribution is -1.91. The number of hydrogen-bond acceptors (Lipinski definition) is 0. The second-order valence-corrected chi connectivity index (χ2v) is 9.71. The van der Waals surface area contributed by atoms with E-state index in [-0.39, 0.29) is 0 Å². The van der Waals surface area contributed by atoms with Crippen molar-refractivity contribution in [3.63, 3.8) is 0 Å². The summed E-state index contributed by atoms with van der Waals surface area (Å²) in [7, 11) is 1.34. The normalized spacial score (nSPS) is 11.4. The van der Waals surface area contributed by atoms with Gasteiger partial charge >= 0.3 is 0 Å². The van der Waals surface area contributed by atoms with E-state index >= 15 is 0 Å². The zero-order valence-corrected chi connectivity index (χ0v) is 20.9. The number of benzene rings is 5. The number of rotatable bonds is 7. The Morgan fingerprint density at radius 1 is 0.438 bits per heavy atom. The molecule has 0 radical (unpaired) electrons. The molecule has 0 saturated heterocycles. The monoisotopic (exact) mass is 430 g/mol. The summed E-state index contributed by atoms with van der Waals surface area (Å²) in [5.41, 5.74) is 6.71. The Balaban J connectivity index is 1.67. The molecule has 0 spiro atoms. The minimum absolute atomic E-state index is 1.19. The van der Waals surface area contributed by atoms with Crippen LogP contribution >= 0.6 is 0 Å². The first-order valence-electron chi connectivity index (χ1n) is 11.9. The summed E-state index contributed by atoms with van der Waals surface area (Å²) in [5.74, 6) is 0. The van der Waals surface area contributed by atoms with Gasteiger partial charge in [0.1, 0.15) is 0 Å². The van der Waals surface area contributed by atoms with Crippen LogP contribution in [-0.2, 0) is 6.42 Å².